The molecule has 0 radical (unpaired) electrons. The molecule has 3 heteroatoms. The number of aliphatic hydroxyl groups is 1. The molecule has 1 N–H and O–H groups in total. The molecule has 0 aromatic heterocycles. The highest BCUT2D eigenvalue weighted by Gasteiger charge is 2.11. The summed E-state index contributed by atoms with van der Waals surface area (Å²) < 4.78 is 0. The fourth-order valence-corrected chi connectivity index (χ4v) is 2.29. The quantitative estimate of drug-likeness (QED) is 0.924. The van der Waals surface area contributed by atoms with Crippen molar-refractivity contribution >= 4 is 5.69 Å². The Kier molecular flexibility index (Phi) is 4.39. The van der Waals surface area contributed by atoms with Crippen LogP contribution in [0.5, 0.6) is 0 Å². The van der Waals surface area contributed by atoms with Crippen LogP contribution in [0.2, 0.25) is 0 Å². The molecule has 0 fully saturated rings. The molecule has 0 amide bonds. The van der Waals surface area contributed by atoms with Crippen molar-refractivity contribution in [3.8, 4) is 6.07 Å². The summed E-state index contributed by atoms with van der Waals surface area (Å²) in [7, 11) is 1.99. The third kappa shape index (κ3) is 3.17. The van der Waals surface area contributed by atoms with Crippen molar-refractivity contribution in [2.45, 2.75) is 19.6 Å². The number of hydrogen-bond acceptors (Lipinski definition) is 3. The number of benzene rings is 2. The largest absolute Gasteiger partial charge is 0.389 e. The Hall–Kier alpha value is -2.31. The summed E-state index contributed by atoms with van der Waals surface area (Å²) in [5.41, 5.74) is 3.66. The predicted molar refractivity (Wildman–Crippen MR) is 80.3 cm³/mol. The fourth-order valence-electron chi connectivity index (χ4n) is 2.29. The molecule has 0 aliphatic heterocycles. The van der Waals surface area contributed by atoms with Gasteiger partial charge in [-0.3, -0.25) is 0 Å². The minimum Gasteiger partial charge on any atom is -0.389 e. The maximum atomic E-state index is 9.83. The van der Waals surface area contributed by atoms with Crippen LogP contribution in [-0.4, -0.2) is 12.2 Å². The highest BCUT2D eigenvalue weighted by molar-refractivity contribution is 5.54. The van der Waals surface area contributed by atoms with Gasteiger partial charge in [0.2, 0.25) is 0 Å². The summed E-state index contributed by atoms with van der Waals surface area (Å²) in [5.74, 6) is 0. The van der Waals surface area contributed by atoms with Crippen LogP contribution in [0.15, 0.2) is 48.5 Å². The molecule has 2 rings (SSSR count). The Morgan fingerprint density at radius 1 is 1.20 bits per heavy atom. The first-order valence-corrected chi connectivity index (χ1v) is 6.59. The second-order valence-corrected chi connectivity index (χ2v) is 4.90. The van der Waals surface area contributed by atoms with E-state index >= 15 is 0 Å². The fraction of sp³-hybridized carbons (Fsp3) is 0.235. The molecule has 0 aliphatic rings. The van der Waals surface area contributed by atoms with Gasteiger partial charge in [-0.05, 0) is 30.7 Å². The van der Waals surface area contributed by atoms with Crippen molar-refractivity contribution in [3.63, 3.8) is 0 Å². The van der Waals surface area contributed by atoms with Crippen LogP contribution in [0.4, 0.5) is 5.69 Å². The van der Waals surface area contributed by atoms with E-state index in [1.165, 1.54) is 0 Å². The standard InChI is InChI=1S/C17H18N2O/c1-13(20)16-8-3-4-9-17(16)19(2)12-15-7-5-6-14(10-15)11-18/h3-10,13,20H,12H2,1-2H3/t13-/m1/s1. The molecule has 0 unspecified atom stereocenters. The summed E-state index contributed by atoms with van der Waals surface area (Å²) in [6.45, 7) is 2.46. The minimum atomic E-state index is -0.501. The van der Waals surface area contributed by atoms with Gasteiger partial charge < -0.3 is 10.0 Å². The van der Waals surface area contributed by atoms with Gasteiger partial charge in [-0.2, -0.15) is 5.26 Å². The van der Waals surface area contributed by atoms with Crippen LogP contribution in [0.25, 0.3) is 0 Å². The molecule has 1 atom stereocenters. The van der Waals surface area contributed by atoms with E-state index in [0.29, 0.717) is 12.1 Å². The molecule has 0 heterocycles. The highest BCUT2D eigenvalue weighted by atomic mass is 16.3. The SMILES string of the molecule is C[C@@H](O)c1ccccc1N(C)Cc1cccc(C#N)c1. The van der Waals surface area contributed by atoms with Crippen molar-refractivity contribution in [3.05, 3.63) is 65.2 Å². The van der Waals surface area contributed by atoms with Crippen molar-refractivity contribution in [1.82, 2.24) is 0 Å². The zero-order valence-corrected chi connectivity index (χ0v) is 11.7. The topological polar surface area (TPSA) is 47.3 Å². The molecule has 3 nitrogen and oxygen atoms in total. The summed E-state index contributed by atoms with van der Waals surface area (Å²) >= 11 is 0. The number of hydrogen-bond donors (Lipinski definition) is 1. The number of aliphatic hydroxyl groups excluding tert-OH is 1. The Labute approximate surface area is 119 Å². The highest BCUT2D eigenvalue weighted by Crippen LogP contribution is 2.26. The summed E-state index contributed by atoms with van der Waals surface area (Å²) in [6, 6.07) is 17.6. The van der Waals surface area contributed by atoms with Gasteiger partial charge in [0.25, 0.3) is 0 Å². The Balaban J connectivity index is 2.24. The van der Waals surface area contributed by atoms with Crippen molar-refractivity contribution in [2.75, 3.05) is 11.9 Å². The van der Waals surface area contributed by atoms with Gasteiger partial charge in [0.1, 0.15) is 0 Å². The lowest BCUT2D eigenvalue weighted by molar-refractivity contribution is 0.199. The first-order chi connectivity index (χ1) is 9.61. The zero-order chi connectivity index (χ0) is 14.5. The molecule has 0 aliphatic carbocycles. The van der Waals surface area contributed by atoms with E-state index in [2.05, 4.69) is 11.0 Å². The van der Waals surface area contributed by atoms with E-state index in [0.717, 1.165) is 16.8 Å². The first kappa shape index (κ1) is 14.1. The smallest absolute Gasteiger partial charge is 0.0991 e. The molecule has 2 aromatic rings. The third-order valence-electron chi connectivity index (χ3n) is 3.27. The number of nitriles is 1. The van der Waals surface area contributed by atoms with Crippen LogP contribution < -0.4 is 4.90 Å². The molecule has 102 valence electrons. The van der Waals surface area contributed by atoms with Gasteiger partial charge in [0.05, 0.1) is 17.7 Å². The predicted octanol–water partition coefficient (Wildman–Crippen LogP) is 3.25. The van der Waals surface area contributed by atoms with Gasteiger partial charge in [-0.15, -0.1) is 0 Å². The summed E-state index contributed by atoms with van der Waals surface area (Å²) in [4.78, 5) is 2.08. The lowest BCUT2D eigenvalue weighted by atomic mass is 10.1. The van der Waals surface area contributed by atoms with Gasteiger partial charge in [0, 0.05) is 24.8 Å². The van der Waals surface area contributed by atoms with Crippen molar-refractivity contribution in [2.24, 2.45) is 0 Å². The van der Waals surface area contributed by atoms with Gasteiger partial charge in [-0.25, -0.2) is 0 Å². The molecule has 2 aromatic carbocycles. The monoisotopic (exact) mass is 266 g/mol. The lowest BCUT2D eigenvalue weighted by Crippen LogP contribution is -2.18. The Morgan fingerprint density at radius 3 is 2.65 bits per heavy atom. The second kappa shape index (κ2) is 6.23. The van der Waals surface area contributed by atoms with Crippen LogP contribution in [0.3, 0.4) is 0 Å². The number of nitrogens with zero attached hydrogens (tertiary/aromatic N) is 2. The Bertz CT molecular complexity index is 629. The molecule has 0 saturated carbocycles. The average molecular weight is 266 g/mol. The number of para-hydroxylation sites is 1. The number of anilines is 1. The minimum absolute atomic E-state index is 0.501. The molecule has 0 spiro atoms. The van der Waals surface area contributed by atoms with E-state index in [-0.39, 0.29) is 0 Å². The number of rotatable bonds is 4. The summed E-state index contributed by atoms with van der Waals surface area (Å²) in [5, 5.41) is 18.8. The van der Waals surface area contributed by atoms with E-state index in [9.17, 15) is 5.11 Å². The molecular formula is C17H18N2O. The van der Waals surface area contributed by atoms with E-state index < -0.39 is 6.10 Å². The van der Waals surface area contributed by atoms with Crippen LogP contribution in [0, 0.1) is 11.3 Å². The molecule has 0 bridgehead atoms. The Morgan fingerprint density at radius 2 is 1.95 bits per heavy atom. The summed E-state index contributed by atoms with van der Waals surface area (Å²) in [6.07, 6.45) is -0.501. The van der Waals surface area contributed by atoms with Crippen molar-refractivity contribution in [1.29, 1.82) is 5.26 Å². The maximum Gasteiger partial charge on any atom is 0.0991 e. The van der Waals surface area contributed by atoms with Crippen LogP contribution in [0.1, 0.15) is 29.7 Å². The van der Waals surface area contributed by atoms with E-state index in [4.69, 9.17) is 5.26 Å². The lowest BCUT2D eigenvalue weighted by Gasteiger charge is -2.23. The second-order valence-electron chi connectivity index (χ2n) is 4.90. The van der Waals surface area contributed by atoms with Crippen LogP contribution >= 0.6 is 0 Å². The zero-order valence-electron chi connectivity index (χ0n) is 11.7. The van der Waals surface area contributed by atoms with E-state index in [1.54, 1.807) is 13.0 Å². The molecule has 20 heavy (non-hydrogen) atoms. The van der Waals surface area contributed by atoms with Gasteiger partial charge in [-0.1, -0.05) is 30.3 Å². The maximum absolute atomic E-state index is 9.83. The molecular weight excluding hydrogens is 248 g/mol. The van der Waals surface area contributed by atoms with Crippen LogP contribution in [-0.2, 0) is 6.54 Å². The van der Waals surface area contributed by atoms with Gasteiger partial charge >= 0.3 is 0 Å². The van der Waals surface area contributed by atoms with Crippen molar-refractivity contribution < 1.29 is 5.11 Å². The first-order valence-electron chi connectivity index (χ1n) is 6.59. The normalized spacial score (nSPS) is 11.7. The van der Waals surface area contributed by atoms with Gasteiger partial charge in [0.15, 0.2) is 0 Å². The van der Waals surface area contributed by atoms with E-state index in [1.807, 2.05) is 49.5 Å². The third-order valence-corrected chi connectivity index (χ3v) is 3.27. The average Bonchev–Trinajstić information content (AvgIpc) is 2.47. The molecule has 0 saturated heterocycles.